The molecule has 1 aromatic rings. The van der Waals surface area contributed by atoms with Gasteiger partial charge >= 0.3 is 0 Å². The van der Waals surface area contributed by atoms with Crippen molar-refractivity contribution in [3.63, 3.8) is 0 Å². The summed E-state index contributed by atoms with van der Waals surface area (Å²) in [5.41, 5.74) is -0.751. The van der Waals surface area contributed by atoms with Gasteiger partial charge in [-0.05, 0) is 42.8 Å². The van der Waals surface area contributed by atoms with Crippen LogP contribution in [0.5, 0.6) is 0 Å². The van der Waals surface area contributed by atoms with Crippen LogP contribution in [-0.4, -0.2) is 14.0 Å². The van der Waals surface area contributed by atoms with Crippen molar-refractivity contribution in [1.29, 1.82) is 0 Å². The Morgan fingerprint density at radius 1 is 1.24 bits per heavy atom. The normalized spacial score (nSPS) is 12.8. The Kier molecular flexibility index (Phi) is 3.95. The Hall–Kier alpha value is -0.530. The Labute approximate surface area is 107 Å². The van der Waals surface area contributed by atoms with E-state index >= 15 is 0 Å². The lowest BCUT2D eigenvalue weighted by atomic mass is 10.1. The van der Waals surface area contributed by atoms with Crippen molar-refractivity contribution in [2.45, 2.75) is 31.2 Å². The molecule has 96 valence electrons. The first kappa shape index (κ1) is 14.5. The lowest BCUT2D eigenvalue weighted by molar-refractivity contribution is 0.484. The number of halogens is 3. The molecule has 3 nitrogen and oxygen atoms in total. The molecule has 0 radical (unpaired) electrons. The van der Waals surface area contributed by atoms with E-state index in [2.05, 4.69) is 20.7 Å². The molecule has 17 heavy (non-hydrogen) atoms. The Morgan fingerprint density at radius 2 is 1.76 bits per heavy atom. The first-order valence-electron chi connectivity index (χ1n) is 4.71. The molecular formula is C10H12BrF2NO2S. The molecule has 1 N–H and O–H groups in total. The molecule has 0 aliphatic heterocycles. The van der Waals surface area contributed by atoms with Crippen LogP contribution in [0.25, 0.3) is 0 Å². The van der Waals surface area contributed by atoms with Crippen LogP contribution < -0.4 is 4.72 Å². The summed E-state index contributed by atoms with van der Waals surface area (Å²) in [6, 6.07) is 1.43. The minimum Gasteiger partial charge on any atom is -0.207 e. The molecule has 1 aromatic carbocycles. The minimum atomic E-state index is -4.03. The summed E-state index contributed by atoms with van der Waals surface area (Å²) in [4.78, 5) is -0.589. The number of nitrogens with one attached hydrogen (secondary N) is 1. The van der Waals surface area contributed by atoms with E-state index in [4.69, 9.17) is 0 Å². The van der Waals surface area contributed by atoms with E-state index in [9.17, 15) is 17.2 Å². The Morgan fingerprint density at radius 3 is 2.18 bits per heavy atom. The molecule has 0 heterocycles. The summed E-state index contributed by atoms with van der Waals surface area (Å²) in [6.45, 7) is 4.87. The molecular weight excluding hydrogens is 316 g/mol. The monoisotopic (exact) mass is 327 g/mol. The largest absolute Gasteiger partial charge is 0.245 e. The SMILES string of the molecule is CC(C)(C)NS(=O)(=O)c1c(F)cc(F)cc1Br. The van der Waals surface area contributed by atoms with Gasteiger partial charge in [0.05, 0.1) is 0 Å². The van der Waals surface area contributed by atoms with Gasteiger partial charge in [-0.3, -0.25) is 0 Å². The summed E-state index contributed by atoms with van der Waals surface area (Å²) < 4.78 is 52.3. The molecule has 0 aromatic heterocycles. The second-order valence-corrected chi connectivity index (χ2v) is 7.03. The molecule has 0 fully saturated rings. The highest BCUT2D eigenvalue weighted by atomic mass is 79.9. The number of rotatable bonds is 2. The van der Waals surface area contributed by atoms with Crippen molar-refractivity contribution >= 4 is 26.0 Å². The van der Waals surface area contributed by atoms with Gasteiger partial charge < -0.3 is 0 Å². The third kappa shape index (κ3) is 3.72. The highest BCUT2D eigenvalue weighted by Gasteiger charge is 2.27. The quantitative estimate of drug-likeness (QED) is 0.907. The number of sulfonamides is 1. The van der Waals surface area contributed by atoms with Crippen LogP contribution in [0.3, 0.4) is 0 Å². The van der Waals surface area contributed by atoms with E-state index in [1.807, 2.05) is 0 Å². The molecule has 0 saturated heterocycles. The fraction of sp³-hybridized carbons (Fsp3) is 0.400. The molecule has 0 unspecified atom stereocenters. The van der Waals surface area contributed by atoms with Crippen molar-refractivity contribution in [3.05, 3.63) is 28.2 Å². The maximum absolute atomic E-state index is 13.5. The van der Waals surface area contributed by atoms with E-state index in [-0.39, 0.29) is 4.47 Å². The molecule has 0 aliphatic carbocycles. The molecule has 0 saturated carbocycles. The van der Waals surface area contributed by atoms with Crippen LogP contribution in [-0.2, 0) is 10.0 Å². The first-order chi connectivity index (χ1) is 7.53. The molecule has 1 rings (SSSR count). The summed E-state index contributed by atoms with van der Waals surface area (Å²) in [5, 5.41) is 0. The van der Waals surface area contributed by atoms with Gasteiger partial charge in [-0.2, -0.15) is 0 Å². The van der Waals surface area contributed by atoms with Gasteiger partial charge in [0.1, 0.15) is 16.5 Å². The summed E-state index contributed by atoms with van der Waals surface area (Å²) >= 11 is 2.84. The zero-order chi connectivity index (χ0) is 13.4. The fourth-order valence-corrected chi connectivity index (χ4v) is 3.83. The fourth-order valence-electron chi connectivity index (χ4n) is 1.24. The Balaban J connectivity index is 3.35. The first-order valence-corrected chi connectivity index (χ1v) is 6.99. The van der Waals surface area contributed by atoms with Gasteiger partial charge in [-0.25, -0.2) is 21.9 Å². The zero-order valence-electron chi connectivity index (χ0n) is 9.51. The lowest BCUT2D eigenvalue weighted by Gasteiger charge is -2.21. The van der Waals surface area contributed by atoms with Crippen LogP contribution in [0.1, 0.15) is 20.8 Å². The van der Waals surface area contributed by atoms with Crippen LogP contribution in [0, 0.1) is 11.6 Å². The van der Waals surface area contributed by atoms with Gasteiger partial charge in [0.15, 0.2) is 0 Å². The number of hydrogen-bond acceptors (Lipinski definition) is 2. The van der Waals surface area contributed by atoms with Gasteiger partial charge in [-0.1, -0.05) is 0 Å². The average molecular weight is 328 g/mol. The summed E-state index contributed by atoms with van der Waals surface area (Å²) in [7, 11) is -4.03. The summed E-state index contributed by atoms with van der Waals surface area (Å²) in [6.07, 6.45) is 0. The lowest BCUT2D eigenvalue weighted by Crippen LogP contribution is -2.41. The number of benzene rings is 1. The molecule has 0 spiro atoms. The predicted molar refractivity (Wildman–Crippen MR) is 64.1 cm³/mol. The van der Waals surface area contributed by atoms with Crippen molar-refractivity contribution in [2.24, 2.45) is 0 Å². The molecule has 7 heteroatoms. The third-order valence-corrected chi connectivity index (χ3v) is 4.39. The molecule has 0 amide bonds. The predicted octanol–water partition coefficient (Wildman–Crippen LogP) is 2.80. The maximum Gasteiger partial charge on any atom is 0.245 e. The van der Waals surface area contributed by atoms with Crippen molar-refractivity contribution < 1.29 is 17.2 Å². The van der Waals surface area contributed by atoms with Crippen molar-refractivity contribution in [2.75, 3.05) is 0 Å². The van der Waals surface area contributed by atoms with Crippen LogP contribution >= 0.6 is 15.9 Å². The Bertz CT molecular complexity index is 515. The topological polar surface area (TPSA) is 46.2 Å². The van der Waals surface area contributed by atoms with Crippen molar-refractivity contribution in [1.82, 2.24) is 4.72 Å². The van der Waals surface area contributed by atoms with Gasteiger partial charge in [0.25, 0.3) is 0 Å². The van der Waals surface area contributed by atoms with Crippen molar-refractivity contribution in [3.8, 4) is 0 Å². The summed E-state index contributed by atoms with van der Waals surface area (Å²) in [5.74, 6) is -1.97. The standard InChI is InChI=1S/C10H12BrF2NO2S/c1-10(2,3)14-17(15,16)9-7(11)4-6(12)5-8(9)13/h4-5,14H,1-3H3. The molecule has 0 atom stereocenters. The van der Waals surface area contributed by atoms with Crippen LogP contribution in [0.2, 0.25) is 0 Å². The van der Waals surface area contributed by atoms with E-state index in [1.165, 1.54) is 0 Å². The van der Waals surface area contributed by atoms with E-state index in [0.717, 1.165) is 6.07 Å². The smallest absolute Gasteiger partial charge is 0.207 e. The van der Waals surface area contributed by atoms with Crippen LogP contribution in [0.15, 0.2) is 21.5 Å². The van der Waals surface area contributed by atoms with E-state index < -0.39 is 32.1 Å². The van der Waals surface area contributed by atoms with Gasteiger partial charge in [-0.15, -0.1) is 0 Å². The highest BCUT2D eigenvalue weighted by molar-refractivity contribution is 9.10. The third-order valence-electron chi connectivity index (χ3n) is 1.67. The highest BCUT2D eigenvalue weighted by Crippen LogP contribution is 2.27. The second kappa shape index (κ2) is 4.62. The second-order valence-electron chi connectivity index (χ2n) is 4.55. The zero-order valence-corrected chi connectivity index (χ0v) is 11.9. The van der Waals surface area contributed by atoms with Crippen LogP contribution in [0.4, 0.5) is 8.78 Å². The van der Waals surface area contributed by atoms with Gasteiger partial charge in [0.2, 0.25) is 10.0 Å². The minimum absolute atomic E-state index is 0.147. The average Bonchev–Trinajstić information content (AvgIpc) is 1.93. The molecule has 0 aliphatic rings. The van der Waals surface area contributed by atoms with E-state index in [1.54, 1.807) is 20.8 Å². The molecule has 0 bridgehead atoms. The van der Waals surface area contributed by atoms with E-state index in [0.29, 0.717) is 6.07 Å². The van der Waals surface area contributed by atoms with Gasteiger partial charge in [0, 0.05) is 16.1 Å². The maximum atomic E-state index is 13.5. The number of hydrogen-bond donors (Lipinski definition) is 1.